The fourth-order valence-electron chi connectivity index (χ4n) is 2.75. The van der Waals surface area contributed by atoms with Gasteiger partial charge in [0.1, 0.15) is 6.23 Å². The maximum absolute atomic E-state index is 5.88. The second-order valence-corrected chi connectivity index (χ2v) is 7.06. The van der Waals surface area contributed by atoms with Crippen LogP contribution in [-0.2, 0) is 9.47 Å². The molecule has 0 radical (unpaired) electrons. The summed E-state index contributed by atoms with van der Waals surface area (Å²) < 4.78 is 10.8. The second kappa shape index (κ2) is 11.2. The fourth-order valence-corrected chi connectivity index (χ4v) is 2.75. The number of nitrogens with zero attached hydrogens (tertiary/aromatic N) is 2. The molecule has 2 unspecified atom stereocenters. The summed E-state index contributed by atoms with van der Waals surface area (Å²) in [6.45, 7) is 5.92. The van der Waals surface area contributed by atoms with Crippen molar-refractivity contribution in [2.45, 2.75) is 19.4 Å². The fraction of sp³-hybridized carbons (Fsp3) is 0.292. The first-order chi connectivity index (χ1) is 14.3. The van der Waals surface area contributed by atoms with Crippen molar-refractivity contribution in [3.8, 4) is 11.8 Å². The van der Waals surface area contributed by atoms with Gasteiger partial charge in [0.15, 0.2) is 6.23 Å². The number of nitrogens with one attached hydrogen (secondary N) is 1. The Hall–Kier alpha value is -3.11. The van der Waals surface area contributed by atoms with Gasteiger partial charge in [-0.25, -0.2) is 0 Å². The van der Waals surface area contributed by atoms with Gasteiger partial charge < -0.3 is 25.4 Å². The summed E-state index contributed by atoms with van der Waals surface area (Å²) in [6, 6.07) is 9.74. The summed E-state index contributed by atoms with van der Waals surface area (Å²) in [5.74, 6) is 6.30. The van der Waals surface area contributed by atoms with E-state index in [4.69, 9.17) is 15.2 Å². The minimum Gasteiger partial charge on any atom is -0.377 e. The maximum atomic E-state index is 5.88. The lowest BCUT2D eigenvalue weighted by molar-refractivity contribution is 0.109. The normalized spacial score (nSPS) is 13.1. The molecule has 2 aromatic rings. The van der Waals surface area contributed by atoms with Crippen molar-refractivity contribution in [3.05, 3.63) is 83.3 Å². The van der Waals surface area contributed by atoms with E-state index < -0.39 is 6.23 Å². The third-order valence-corrected chi connectivity index (χ3v) is 4.27. The van der Waals surface area contributed by atoms with Crippen molar-refractivity contribution in [2.75, 3.05) is 33.6 Å². The van der Waals surface area contributed by atoms with Gasteiger partial charge in [0, 0.05) is 63.1 Å². The number of anilines is 1. The van der Waals surface area contributed by atoms with Crippen LogP contribution >= 0.6 is 0 Å². The van der Waals surface area contributed by atoms with E-state index in [0.29, 0.717) is 0 Å². The number of likely N-dealkylation sites (N-methyl/N-ethyl adjacent to an activating group) is 1. The Morgan fingerprint density at radius 2 is 1.90 bits per heavy atom. The number of benzene rings is 1. The van der Waals surface area contributed by atoms with Crippen LogP contribution in [0.15, 0.2) is 66.7 Å². The van der Waals surface area contributed by atoms with Crippen LogP contribution in [0.3, 0.4) is 0 Å². The van der Waals surface area contributed by atoms with Crippen molar-refractivity contribution in [1.82, 2.24) is 9.88 Å². The predicted molar refractivity (Wildman–Crippen MR) is 122 cm³/mol. The first kappa shape index (κ1) is 23.2. The van der Waals surface area contributed by atoms with Gasteiger partial charge in [-0.1, -0.05) is 30.1 Å². The lowest BCUT2D eigenvalue weighted by atomic mass is 10.1. The molecule has 0 amide bonds. The van der Waals surface area contributed by atoms with Gasteiger partial charge in [0.2, 0.25) is 0 Å². The molecule has 0 bridgehead atoms. The Balaban J connectivity index is 2.23. The molecule has 0 saturated heterocycles. The molecule has 158 valence electrons. The van der Waals surface area contributed by atoms with Crippen LogP contribution in [0.1, 0.15) is 29.8 Å². The highest BCUT2D eigenvalue weighted by Gasteiger charge is 2.15. The number of hydrogen-bond donors (Lipinski definition) is 2. The van der Waals surface area contributed by atoms with E-state index in [0.717, 1.165) is 33.6 Å². The number of aromatic nitrogens is 1. The number of pyridine rings is 1. The quantitative estimate of drug-likeness (QED) is 0.397. The van der Waals surface area contributed by atoms with E-state index in [2.05, 4.69) is 28.7 Å². The highest BCUT2D eigenvalue weighted by Crippen LogP contribution is 2.18. The van der Waals surface area contributed by atoms with E-state index in [-0.39, 0.29) is 6.23 Å². The average molecular weight is 407 g/mol. The van der Waals surface area contributed by atoms with Crippen LogP contribution in [0.4, 0.5) is 5.69 Å². The first-order valence-corrected chi connectivity index (χ1v) is 9.53. The zero-order valence-corrected chi connectivity index (χ0v) is 18.3. The Bertz CT molecular complexity index is 957. The van der Waals surface area contributed by atoms with Gasteiger partial charge >= 0.3 is 0 Å². The summed E-state index contributed by atoms with van der Waals surface area (Å²) >= 11 is 0. The Labute approximate surface area is 179 Å². The standard InChI is InChI=1S/C24H30N4O2/c1-17(2)12-22(28(3)4)24(30-6)27-21-9-7-8-18(14-21)10-11-19-13-20(16-26-15-19)23(25)29-5/h7-9,12-16,23-24,27H,1,25H2,2-6H3/b22-12-. The molecule has 1 aromatic carbocycles. The van der Waals surface area contributed by atoms with Gasteiger partial charge in [0.05, 0.1) is 5.70 Å². The van der Waals surface area contributed by atoms with Gasteiger partial charge in [-0.05, 0) is 37.3 Å². The maximum Gasteiger partial charge on any atom is 0.168 e. The molecule has 0 fully saturated rings. The Kier molecular flexibility index (Phi) is 8.63. The van der Waals surface area contributed by atoms with E-state index in [1.807, 2.05) is 62.3 Å². The van der Waals surface area contributed by atoms with Crippen LogP contribution in [-0.4, -0.2) is 44.4 Å². The molecule has 3 N–H and O–H groups in total. The predicted octanol–water partition coefficient (Wildman–Crippen LogP) is 3.49. The Morgan fingerprint density at radius 3 is 2.53 bits per heavy atom. The van der Waals surface area contributed by atoms with Crippen molar-refractivity contribution in [2.24, 2.45) is 5.73 Å². The number of allylic oxidation sites excluding steroid dienone is 2. The zero-order valence-electron chi connectivity index (χ0n) is 18.3. The van der Waals surface area contributed by atoms with E-state index in [1.165, 1.54) is 0 Å². The molecule has 0 aliphatic carbocycles. The molecule has 1 aromatic heterocycles. The van der Waals surface area contributed by atoms with Crippen LogP contribution in [0, 0.1) is 11.8 Å². The van der Waals surface area contributed by atoms with Crippen molar-refractivity contribution >= 4 is 5.69 Å². The van der Waals surface area contributed by atoms with Crippen LogP contribution in [0.2, 0.25) is 0 Å². The van der Waals surface area contributed by atoms with E-state index in [9.17, 15) is 0 Å². The molecule has 0 aliphatic rings. The van der Waals surface area contributed by atoms with Gasteiger partial charge in [0.25, 0.3) is 0 Å². The van der Waals surface area contributed by atoms with Crippen LogP contribution in [0.25, 0.3) is 0 Å². The number of methoxy groups -OCH3 is 2. The summed E-state index contributed by atoms with van der Waals surface area (Å²) in [6.07, 6.45) is 4.53. The molecule has 0 aliphatic heterocycles. The van der Waals surface area contributed by atoms with Crippen molar-refractivity contribution < 1.29 is 9.47 Å². The summed E-state index contributed by atoms with van der Waals surface area (Å²) in [5, 5.41) is 3.40. The molecule has 6 heteroatoms. The minimum atomic E-state index is -0.518. The molecule has 0 spiro atoms. The molecule has 0 saturated carbocycles. The van der Waals surface area contributed by atoms with Gasteiger partial charge in [-0.2, -0.15) is 0 Å². The molecule has 6 nitrogen and oxygen atoms in total. The smallest absolute Gasteiger partial charge is 0.168 e. The molecular weight excluding hydrogens is 376 g/mol. The third-order valence-electron chi connectivity index (χ3n) is 4.27. The lowest BCUT2D eigenvalue weighted by Gasteiger charge is -2.27. The number of nitrogens with two attached hydrogens (primary N) is 1. The Morgan fingerprint density at radius 1 is 1.17 bits per heavy atom. The largest absolute Gasteiger partial charge is 0.377 e. The second-order valence-electron chi connectivity index (χ2n) is 7.06. The zero-order chi connectivity index (χ0) is 22.1. The van der Waals surface area contributed by atoms with Crippen LogP contribution in [0.5, 0.6) is 0 Å². The van der Waals surface area contributed by atoms with Gasteiger partial charge in [-0.3, -0.25) is 4.98 Å². The highest BCUT2D eigenvalue weighted by atomic mass is 16.5. The molecule has 1 heterocycles. The molecule has 30 heavy (non-hydrogen) atoms. The number of ether oxygens (including phenoxy) is 2. The van der Waals surface area contributed by atoms with Crippen molar-refractivity contribution in [3.63, 3.8) is 0 Å². The van der Waals surface area contributed by atoms with E-state index >= 15 is 0 Å². The first-order valence-electron chi connectivity index (χ1n) is 9.53. The lowest BCUT2D eigenvalue weighted by Crippen LogP contribution is -2.31. The van der Waals surface area contributed by atoms with Crippen molar-refractivity contribution in [1.29, 1.82) is 0 Å². The summed E-state index contributed by atoms with van der Waals surface area (Å²) in [4.78, 5) is 6.19. The van der Waals surface area contributed by atoms with Crippen LogP contribution < -0.4 is 11.1 Å². The summed E-state index contributed by atoms with van der Waals surface area (Å²) in [7, 11) is 7.17. The van der Waals surface area contributed by atoms with E-state index in [1.54, 1.807) is 26.6 Å². The molecular formula is C24H30N4O2. The molecule has 2 atom stereocenters. The number of hydrogen-bond acceptors (Lipinski definition) is 6. The SMILES string of the molecule is C=C(C)/C=C(/C(Nc1cccc(C#Cc2cncc(C(N)OC)c2)c1)OC)N(C)C. The topological polar surface area (TPSA) is 72.6 Å². The monoisotopic (exact) mass is 406 g/mol. The minimum absolute atomic E-state index is 0.323. The average Bonchev–Trinajstić information content (AvgIpc) is 2.74. The highest BCUT2D eigenvalue weighted by molar-refractivity contribution is 5.53. The third kappa shape index (κ3) is 6.75. The molecule has 2 rings (SSSR count). The summed E-state index contributed by atoms with van der Waals surface area (Å²) in [5.41, 5.74) is 11.1. The number of rotatable bonds is 8. The van der Waals surface area contributed by atoms with Gasteiger partial charge in [-0.15, -0.1) is 0 Å².